The van der Waals surface area contributed by atoms with Gasteiger partial charge in [-0.15, -0.1) is 0 Å². The Morgan fingerprint density at radius 1 is 0.852 bits per heavy atom. The van der Waals surface area contributed by atoms with Crippen molar-refractivity contribution in [3.8, 4) is 5.75 Å². The monoisotopic (exact) mass is 473 g/mol. The number of nitrogens with one attached hydrogen (secondary N) is 1. The Bertz CT molecular complexity index is 926. The molecule has 136 valence electrons. The van der Waals surface area contributed by atoms with Crippen molar-refractivity contribution < 1.29 is 19.1 Å². The van der Waals surface area contributed by atoms with Gasteiger partial charge < -0.3 is 9.47 Å². The number of carbonyl (C=O) groups excluding carboxylic acids is 2. The Hall–Kier alpha value is -2.87. The lowest BCUT2D eigenvalue weighted by Gasteiger charge is -2.09. The molecule has 0 aliphatic rings. The fourth-order valence-electron chi connectivity index (χ4n) is 2.27. The van der Waals surface area contributed by atoms with Crippen LogP contribution in [-0.4, -0.2) is 12.1 Å². The van der Waals surface area contributed by atoms with Gasteiger partial charge in [0.1, 0.15) is 12.4 Å². The van der Waals surface area contributed by atoms with Gasteiger partial charge in [0.2, 0.25) is 0 Å². The van der Waals surface area contributed by atoms with Gasteiger partial charge in [-0.1, -0.05) is 42.5 Å². The van der Waals surface area contributed by atoms with Crippen LogP contribution in [0.25, 0.3) is 0 Å². The van der Waals surface area contributed by atoms with Crippen molar-refractivity contribution >= 4 is 40.3 Å². The fraction of sp³-hybridized carbons (Fsp3) is 0.0476. The molecule has 6 heteroatoms. The van der Waals surface area contributed by atoms with Gasteiger partial charge in [-0.25, -0.2) is 9.59 Å². The summed E-state index contributed by atoms with van der Waals surface area (Å²) in [7, 11) is 0. The van der Waals surface area contributed by atoms with Gasteiger partial charge in [-0.05, 0) is 64.6 Å². The third-order valence-electron chi connectivity index (χ3n) is 3.62. The number of ether oxygens (including phenoxy) is 2. The Morgan fingerprint density at radius 3 is 2.22 bits per heavy atom. The second kappa shape index (κ2) is 9.18. The summed E-state index contributed by atoms with van der Waals surface area (Å²) in [5.74, 6) is -0.0363. The first-order valence-electron chi connectivity index (χ1n) is 8.16. The Balaban J connectivity index is 1.53. The number of carbonyl (C=O) groups is 2. The fourth-order valence-corrected chi connectivity index (χ4v) is 2.88. The van der Waals surface area contributed by atoms with Crippen LogP contribution in [0.15, 0.2) is 78.9 Å². The zero-order valence-electron chi connectivity index (χ0n) is 14.2. The zero-order valence-corrected chi connectivity index (χ0v) is 16.4. The predicted molar refractivity (Wildman–Crippen MR) is 111 cm³/mol. The molecule has 0 saturated carbocycles. The number of hydrogen-bond acceptors (Lipinski definition) is 4. The second-order valence-corrected chi connectivity index (χ2v) is 6.74. The molecule has 0 bridgehead atoms. The minimum Gasteiger partial charge on any atom is -0.444 e. The SMILES string of the molecule is O=C(Nc1ccc(OC(=O)c2ccccc2I)cc1)OCc1ccccc1. The van der Waals surface area contributed by atoms with E-state index in [2.05, 4.69) is 27.9 Å². The van der Waals surface area contributed by atoms with E-state index >= 15 is 0 Å². The summed E-state index contributed by atoms with van der Waals surface area (Å²) < 4.78 is 11.3. The van der Waals surface area contributed by atoms with Crippen molar-refractivity contribution in [2.24, 2.45) is 0 Å². The van der Waals surface area contributed by atoms with Gasteiger partial charge in [-0.3, -0.25) is 5.32 Å². The van der Waals surface area contributed by atoms with E-state index in [1.807, 2.05) is 42.5 Å². The maximum Gasteiger partial charge on any atom is 0.411 e. The van der Waals surface area contributed by atoms with E-state index in [-0.39, 0.29) is 6.61 Å². The molecule has 0 spiro atoms. The second-order valence-electron chi connectivity index (χ2n) is 5.58. The van der Waals surface area contributed by atoms with E-state index in [1.165, 1.54) is 0 Å². The highest BCUT2D eigenvalue weighted by molar-refractivity contribution is 14.1. The molecule has 0 unspecified atom stereocenters. The van der Waals surface area contributed by atoms with Gasteiger partial charge in [0, 0.05) is 9.26 Å². The van der Waals surface area contributed by atoms with Crippen molar-refractivity contribution in [1.29, 1.82) is 0 Å². The lowest BCUT2D eigenvalue weighted by atomic mass is 10.2. The van der Waals surface area contributed by atoms with E-state index in [1.54, 1.807) is 36.4 Å². The number of amides is 1. The summed E-state index contributed by atoms with van der Waals surface area (Å²) in [4.78, 5) is 24.1. The smallest absolute Gasteiger partial charge is 0.411 e. The standard InChI is InChI=1S/C21H16INO4/c22-19-9-5-4-8-18(19)20(24)27-17-12-10-16(11-13-17)23-21(25)26-14-15-6-2-1-3-7-15/h1-13H,14H2,(H,23,25). The molecule has 0 atom stereocenters. The first-order valence-corrected chi connectivity index (χ1v) is 9.24. The molecule has 0 radical (unpaired) electrons. The molecular formula is C21H16INO4. The quantitative estimate of drug-likeness (QED) is 0.312. The molecule has 3 aromatic rings. The zero-order chi connectivity index (χ0) is 19.1. The summed E-state index contributed by atoms with van der Waals surface area (Å²) in [6, 6.07) is 23.1. The van der Waals surface area contributed by atoms with Crippen LogP contribution >= 0.6 is 22.6 Å². The molecular weight excluding hydrogens is 457 g/mol. The van der Waals surface area contributed by atoms with Crippen LogP contribution < -0.4 is 10.1 Å². The first-order chi connectivity index (χ1) is 13.1. The molecule has 3 rings (SSSR count). The lowest BCUT2D eigenvalue weighted by molar-refractivity contribution is 0.0733. The van der Waals surface area contributed by atoms with Gasteiger partial charge in [0.05, 0.1) is 5.56 Å². The van der Waals surface area contributed by atoms with Gasteiger partial charge in [0.15, 0.2) is 0 Å². The van der Waals surface area contributed by atoms with Crippen LogP contribution in [0.1, 0.15) is 15.9 Å². The summed E-state index contributed by atoms with van der Waals surface area (Å²) >= 11 is 2.09. The molecule has 5 nitrogen and oxygen atoms in total. The minimum absolute atomic E-state index is 0.193. The highest BCUT2D eigenvalue weighted by Crippen LogP contribution is 2.19. The number of halogens is 1. The summed E-state index contributed by atoms with van der Waals surface area (Å²) in [5.41, 5.74) is 1.96. The van der Waals surface area contributed by atoms with E-state index < -0.39 is 12.1 Å². The molecule has 0 aliphatic carbocycles. The maximum absolute atomic E-state index is 12.2. The molecule has 0 aromatic heterocycles. The topological polar surface area (TPSA) is 64.6 Å². The molecule has 0 saturated heterocycles. The average Bonchev–Trinajstić information content (AvgIpc) is 2.69. The van der Waals surface area contributed by atoms with Crippen LogP contribution in [0.4, 0.5) is 10.5 Å². The molecule has 27 heavy (non-hydrogen) atoms. The number of benzene rings is 3. The van der Waals surface area contributed by atoms with E-state index in [0.29, 0.717) is 17.0 Å². The predicted octanol–water partition coefficient (Wildman–Crippen LogP) is 5.26. The maximum atomic E-state index is 12.2. The van der Waals surface area contributed by atoms with Crippen LogP contribution in [0.2, 0.25) is 0 Å². The van der Waals surface area contributed by atoms with Crippen LogP contribution in [0.3, 0.4) is 0 Å². The number of hydrogen-bond donors (Lipinski definition) is 1. The largest absolute Gasteiger partial charge is 0.444 e. The minimum atomic E-state index is -0.553. The molecule has 0 heterocycles. The van der Waals surface area contributed by atoms with Crippen molar-refractivity contribution in [3.63, 3.8) is 0 Å². The Kier molecular flexibility index (Phi) is 6.43. The van der Waals surface area contributed by atoms with E-state index in [0.717, 1.165) is 9.13 Å². The first kappa shape index (κ1) is 18.9. The molecule has 1 N–H and O–H groups in total. The lowest BCUT2D eigenvalue weighted by Crippen LogP contribution is -2.13. The van der Waals surface area contributed by atoms with Gasteiger partial charge in [0.25, 0.3) is 0 Å². The number of esters is 1. The summed E-state index contributed by atoms with van der Waals surface area (Å²) in [6.45, 7) is 0.193. The molecule has 0 aliphatic heterocycles. The number of rotatable bonds is 5. The highest BCUT2D eigenvalue weighted by Gasteiger charge is 2.12. The normalized spacial score (nSPS) is 10.1. The Labute approximate surface area is 170 Å². The number of anilines is 1. The third-order valence-corrected chi connectivity index (χ3v) is 4.56. The average molecular weight is 473 g/mol. The Morgan fingerprint density at radius 2 is 1.52 bits per heavy atom. The highest BCUT2D eigenvalue weighted by atomic mass is 127. The van der Waals surface area contributed by atoms with E-state index in [4.69, 9.17) is 9.47 Å². The van der Waals surface area contributed by atoms with Gasteiger partial charge in [-0.2, -0.15) is 0 Å². The van der Waals surface area contributed by atoms with Crippen LogP contribution in [0.5, 0.6) is 5.75 Å². The van der Waals surface area contributed by atoms with E-state index in [9.17, 15) is 9.59 Å². The summed E-state index contributed by atoms with van der Waals surface area (Å²) in [5, 5.41) is 2.63. The van der Waals surface area contributed by atoms with Crippen molar-refractivity contribution in [2.45, 2.75) is 6.61 Å². The van der Waals surface area contributed by atoms with Crippen LogP contribution in [-0.2, 0) is 11.3 Å². The van der Waals surface area contributed by atoms with Gasteiger partial charge >= 0.3 is 12.1 Å². The molecule has 1 amide bonds. The van der Waals surface area contributed by atoms with Crippen molar-refractivity contribution in [2.75, 3.05) is 5.32 Å². The van der Waals surface area contributed by atoms with Crippen molar-refractivity contribution in [1.82, 2.24) is 0 Å². The van der Waals surface area contributed by atoms with Crippen LogP contribution in [0, 0.1) is 3.57 Å². The summed E-state index contributed by atoms with van der Waals surface area (Å²) in [6.07, 6.45) is -0.553. The third kappa shape index (κ3) is 5.55. The van der Waals surface area contributed by atoms with Crippen molar-refractivity contribution in [3.05, 3.63) is 93.6 Å². The molecule has 3 aromatic carbocycles. The molecule has 0 fully saturated rings.